The molecule has 0 unspecified atom stereocenters. The zero-order valence-electron chi connectivity index (χ0n) is 8.43. The average Bonchev–Trinajstić information content (AvgIpc) is 2.16. The second-order valence-corrected chi connectivity index (χ2v) is 2.89. The van der Waals surface area contributed by atoms with E-state index in [2.05, 4.69) is 4.98 Å². The summed E-state index contributed by atoms with van der Waals surface area (Å²) in [4.78, 5) is 3.29. The second kappa shape index (κ2) is 4.38. The Labute approximate surface area is 89.7 Å². The first-order chi connectivity index (χ1) is 7.36. The Hall–Kier alpha value is -1.79. The van der Waals surface area contributed by atoms with Gasteiger partial charge in [0.2, 0.25) is 5.88 Å². The molecular weight excluding hydrogens is 223 g/mol. The van der Waals surface area contributed by atoms with E-state index in [1.54, 1.807) is 6.92 Å². The third-order valence-electron chi connectivity index (χ3n) is 1.72. The molecule has 0 aliphatic heterocycles. The molecule has 7 heteroatoms. The summed E-state index contributed by atoms with van der Waals surface area (Å²) in [7, 11) is 0. The molecule has 1 aromatic rings. The van der Waals surface area contributed by atoms with Crippen molar-refractivity contribution in [3.05, 3.63) is 23.4 Å². The van der Waals surface area contributed by atoms with E-state index in [0.717, 1.165) is 12.1 Å². The van der Waals surface area contributed by atoms with Gasteiger partial charge < -0.3 is 10.5 Å². The third-order valence-corrected chi connectivity index (χ3v) is 1.72. The molecule has 1 heterocycles. The van der Waals surface area contributed by atoms with Crippen molar-refractivity contribution in [3.63, 3.8) is 0 Å². The van der Waals surface area contributed by atoms with Gasteiger partial charge in [-0.15, -0.1) is 0 Å². The topological polar surface area (TPSA) is 72.0 Å². The van der Waals surface area contributed by atoms with Crippen LogP contribution in [0.15, 0.2) is 12.1 Å². The monoisotopic (exact) mass is 233 g/mol. The summed E-state index contributed by atoms with van der Waals surface area (Å²) in [5.41, 5.74) is 4.17. The Morgan fingerprint density at radius 2 is 2.12 bits per heavy atom. The van der Waals surface area contributed by atoms with Crippen LogP contribution in [0.5, 0.6) is 5.88 Å². The standard InChI is InChI=1S/C9H10F3N3O/c1-2-16-8-5(7(13)14)3-4-6(15-8)9(10,11)12/h3-4H,2H2,1H3,(H3,13,14). The van der Waals surface area contributed by atoms with Crippen LogP contribution < -0.4 is 10.5 Å². The van der Waals surface area contributed by atoms with Crippen molar-refractivity contribution in [2.45, 2.75) is 13.1 Å². The van der Waals surface area contributed by atoms with Gasteiger partial charge in [-0.25, -0.2) is 4.98 Å². The number of ether oxygens (including phenoxy) is 1. The molecule has 0 saturated heterocycles. The smallest absolute Gasteiger partial charge is 0.433 e. The van der Waals surface area contributed by atoms with Crippen LogP contribution in [-0.2, 0) is 6.18 Å². The molecule has 0 aliphatic rings. The number of hydrogen-bond acceptors (Lipinski definition) is 3. The Morgan fingerprint density at radius 3 is 2.56 bits per heavy atom. The highest BCUT2D eigenvalue weighted by atomic mass is 19.4. The molecule has 3 N–H and O–H groups in total. The summed E-state index contributed by atoms with van der Waals surface area (Å²) in [6.07, 6.45) is -4.54. The molecule has 1 rings (SSSR count). The molecular formula is C9H10F3N3O. The van der Waals surface area contributed by atoms with Crippen LogP contribution >= 0.6 is 0 Å². The number of aromatic nitrogens is 1. The fraction of sp³-hybridized carbons (Fsp3) is 0.333. The minimum Gasteiger partial charge on any atom is -0.477 e. The number of nitrogens with two attached hydrogens (primary N) is 1. The fourth-order valence-electron chi connectivity index (χ4n) is 1.05. The molecule has 0 amide bonds. The number of rotatable bonds is 3. The van der Waals surface area contributed by atoms with Crippen LogP contribution in [-0.4, -0.2) is 17.4 Å². The van der Waals surface area contributed by atoms with Crippen molar-refractivity contribution in [3.8, 4) is 5.88 Å². The number of nitrogens with zero attached hydrogens (tertiary/aromatic N) is 1. The van der Waals surface area contributed by atoms with Crippen LogP contribution in [0.3, 0.4) is 0 Å². The molecule has 0 saturated carbocycles. The number of amidine groups is 1. The lowest BCUT2D eigenvalue weighted by molar-refractivity contribution is -0.141. The van der Waals surface area contributed by atoms with E-state index in [4.69, 9.17) is 15.9 Å². The summed E-state index contributed by atoms with van der Waals surface area (Å²) in [5.74, 6) is -0.658. The Morgan fingerprint density at radius 1 is 1.50 bits per heavy atom. The lowest BCUT2D eigenvalue weighted by atomic mass is 10.2. The summed E-state index contributed by atoms with van der Waals surface area (Å²) in [5, 5.41) is 7.16. The van der Waals surface area contributed by atoms with E-state index in [1.807, 2.05) is 0 Å². The number of nitrogen functional groups attached to an aromatic ring is 1. The van der Waals surface area contributed by atoms with Crippen molar-refractivity contribution in [2.24, 2.45) is 5.73 Å². The summed E-state index contributed by atoms with van der Waals surface area (Å²) >= 11 is 0. The first-order valence-corrected chi connectivity index (χ1v) is 4.41. The molecule has 0 spiro atoms. The van der Waals surface area contributed by atoms with Crippen LogP contribution in [0.1, 0.15) is 18.2 Å². The molecule has 16 heavy (non-hydrogen) atoms. The van der Waals surface area contributed by atoms with Gasteiger partial charge in [-0.2, -0.15) is 13.2 Å². The number of alkyl halides is 3. The van der Waals surface area contributed by atoms with Gasteiger partial charge >= 0.3 is 6.18 Å². The molecule has 0 aromatic carbocycles. The lowest BCUT2D eigenvalue weighted by Crippen LogP contribution is -2.16. The average molecular weight is 233 g/mol. The van der Waals surface area contributed by atoms with E-state index in [0.29, 0.717) is 0 Å². The molecule has 0 radical (unpaired) electrons. The SMILES string of the molecule is CCOc1nc(C(F)(F)F)ccc1C(=N)N. The Balaban J connectivity index is 3.22. The third kappa shape index (κ3) is 2.62. The first kappa shape index (κ1) is 12.3. The zero-order valence-corrected chi connectivity index (χ0v) is 8.43. The summed E-state index contributed by atoms with van der Waals surface area (Å²) in [6, 6.07) is 1.84. The number of hydrogen-bond donors (Lipinski definition) is 2. The van der Waals surface area contributed by atoms with Gasteiger partial charge in [0.1, 0.15) is 11.5 Å². The first-order valence-electron chi connectivity index (χ1n) is 4.41. The largest absolute Gasteiger partial charge is 0.477 e. The van der Waals surface area contributed by atoms with Crippen LogP contribution in [0, 0.1) is 5.41 Å². The van der Waals surface area contributed by atoms with Crippen molar-refractivity contribution < 1.29 is 17.9 Å². The predicted molar refractivity (Wildman–Crippen MR) is 51.4 cm³/mol. The number of nitrogens with one attached hydrogen (secondary N) is 1. The predicted octanol–water partition coefficient (Wildman–Crippen LogP) is 1.78. The van der Waals surface area contributed by atoms with Gasteiger partial charge in [-0.3, -0.25) is 5.41 Å². The van der Waals surface area contributed by atoms with Crippen LogP contribution in [0.2, 0.25) is 0 Å². The van der Waals surface area contributed by atoms with Gasteiger partial charge in [-0.1, -0.05) is 0 Å². The highest BCUT2D eigenvalue weighted by molar-refractivity contribution is 5.97. The molecule has 88 valence electrons. The van der Waals surface area contributed by atoms with Crippen molar-refractivity contribution in [1.82, 2.24) is 4.98 Å². The van der Waals surface area contributed by atoms with Gasteiger partial charge in [0.25, 0.3) is 0 Å². The van der Waals surface area contributed by atoms with E-state index >= 15 is 0 Å². The van der Waals surface area contributed by atoms with Gasteiger partial charge in [0.05, 0.1) is 12.2 Å². The highest BCUT2D eigenvalue weighted by Gasteiger charge is 2.33. The van der Waals surface area contributed by atoms with Gasteiger partial charge in [0.15, 0.2) is 0 Å². The van der Waals surface area contributed by atoms with E-state index in [9.17, 15) is 13.2 Å². The minimum absolute atomic E-state index is 0.0508. The van der Waals surface area contributed by atoms with Crippen molar-refractivity contribution >= 4 is 5.84 Å². The normalized spacial score (nSPS) is 11.2. The maximum Gasteiger partial charge on any atom is 0.433 e. The quantitative estimate of drug-likeness (QED) is 0.617. The molecule has 1 aromatic heterocycles. The van der Waals surface area contributed by atoms with E-state index in [1.165, 1.54) is 0 Å². The van der Waals surface area contributed by atoms with E-state index < -0.39 is 11.9 Å². The molecule has 0 bridgehead atoms. The molecule has 0 fully saturated rings. The molecule has 4 nitrogen and oxygen atoms in total. The lowest BCUT2D eigenvalue weighted by Gasteiger charge is -2.11. The van der Waals surface area contributed by atoms with Gasteiger partial charge in [-0.05, 0) is 19.1 Å². The molecule has 0 atom stereocenters. The summed E-state index contributed by atoms with van der Waals surface area (Å²) < 4.78 is 41.9. The van der Waals surface area contributed by atoms with Crippen molar-refractivity contribution in [1.29, 1.82) is 5.41 Å². The number of halogens is 3. The maximum atomic E-state index is 12.3. The molecule has 0 aliphatic carbocycles. The van der Waals surface area contributed by atoms with Gasteiger partial charge in [0, 0.05) is 0 Å². The van der Waals surface area contributed by atoms with Crippen molar-refractivity contribution in [2.75, 3.05) is 6.61 Å². The van der Waals surface area contributed by atoms with Crippen LogP contribution in [0.4, 0.5) is 13.2 Å². The zero-order chi connectivity index (χ0) is 12.3. The Kier molecular flexibility index (Phi) is 3.36. The Bertz CT molecular complexity index is 403. The van der Waals surface area contributed by atoms with Crippen LogP contribution in [0.25, 0.3) is 0 Å². The number of pyridine rings is 1. The highest BCUT2D eigenvalue weighted by Crippen LogP contribution is 2.30. The van der Waals surface area contributed by atoms with E-state index in [-0.39, 0.29) is 23.9 Å². The fourth-order valence-corrected chi connectivity index (χ4v) is 1.05. The summed E-state index contributed by atoms with van der Waals surface area (Å²) in [6.45, 7) is 1.75. The minimum atomic E-state index is -4.54. The maximum absolute atomic E-state index is 12.3. The second-order valence-electron chi connectivity index (χ2n) is 2.89.